The number of nitrogens with zero attached hydrogens (tertiary/aromatic N) is 1. The number of likely N-dealkylation sites (N-methyl/N-ethyl adjacent to an activating group) is 1. The van der Waals surface area contributed by atoms with E-state index in [0.717, 1.165) is 11.7 Å². The molecule has 1 aromatic carbocycles. The molecule has 0 bridgehead atoms. The van der Waals surface area contributed by atoms with E-state index in [1.54, 1.807) is 0 Å². The third-order valence-corrected chi connectivity index (χ3v) is 4.75. The fourth-order valence-corrected chi connectivity index (χ4v) is 3.54. The zero-order chi connectivity index (χ0) is 15.2. The van der Waals surface area contributed by atoms with E-state index in [1.807, 2.05) is 13.0 Å². The third kappa shape index (κ3) is 4.21. The van der Waals surface area contributed by atoms with Crippen LogP contribution >= 0.6 is 0 Å². The molecule has 1 aromatic rings. The number of hydrogen-bond donors (Lipinski definition) is 1. The number of benzene rings is 1. The Kier molecular flexibility index (Phi) is 6.07. The minimum Gasteiger partial charge on any atom is -0.494 e. The fraction of sp³-hybridized carbons (Fsp3) is 0.667. The van der Waals surface area contributed by atoms with Gasteiger partial charge in [0.1, 0.15) is 5.75 Å². The summed E-state index contributed by atoms with van der Waals surface area (Å²) >= 11 is 0. The first-order valence-electron chi connectivity index (χ1n) is 8.30. The van der Waals surface area contributed by atoms with Gasteiger partial charge in [-0.05, 0) is 50.4 Å². The van der Waals surface area contributed by atoms with E-state index < -0.39 is 0 Å². The second-order valence-corrected chi connectivity index (χ2v) is 6.35. The minimum absolute atomic E-state index is 0.278. The van der Waals surface area contributed by atoms with Gasteiger partial charge in [0, 0.05) is 18.6 Å². The molecule has 0 amide bonds. The SMILES string of the molecule is CCOc1cccc(C(CN)N(C)C2CCCC(C)C2)c1. The second kappa shape index (κ2) is 7.81. The highest BCUT2D eigenvalue weighted by Gasteiger charge is 2.27. The van der Waals surface area contributed by atoms with Crippen molar-refractivity contribution in [3.05, 3.63) is 29.8 Å². The molecule has 3 atom stereocenters. The van der Waals surface area contributed by atoms with Crippen molar-refractivity contribution in [3.8, 4) is 5.75 Å². The van der Waals surface area contributed by atoms with Crippen LogP contribution < -0.4 is 10.5 Å². The molecule has 1 fully saturated rings. The van der Waals surface area contributed by atoms with Crippen molar-refractivity contribution in [2.75, 3.05) is 20.2 Å². The van der Waals surface area contributed by atoms with Gasteiger partial charge in [-0.3, -0.25) is 4.90 Å². The Hall–Kier alpha value is -1.06. The van der Waals surface area contributed by atoms with E-state index >= 15 is 0 Å². The van der Waals surface area contributed by atoms with Gasteiger partial charge in [-0.15, -0.1) is 0 Å². The van der Waals surface area contributed by atoms with Crippen LogP contribution in [-0.4, -0.2) is 31.1 Å². The predicted octanol–water partition coefficient (Wildman–Crippen LogP) is 3.60. The molecule has 2 rings (SSSR count). The first-order valence-corrected chi connectivity index (χ1v) is 8.30. The van der Waals surface area contributed by atoms with Crippen LogP contribution in [0.25, 0.3) is 0 Å². The van der Waals surface area contributed by atoms with E-state index in [9.17, 15) is 0 Å². The van der Waals surface area contributed by atoms with Crippen molar-refractivity contribution < 1.29 is 4.74 Å². The van der Waals surface area contributed by atoms with E-state index in [2.05, 4.69) is 37.1 Å². The van der Waals surface area contributed by atoms with Gasteiger partial charge in [0.05, 0.1) is 6.61 Å². The Bertz CT molecular complexity index is 435. The van der Waals surface area contributed by atoms with Crippen LogP contribution in [-0.2, 0) is 0 Å². The van der Waals surface area contributed by atoms with E-state index in [4.69, 9.17) is 10.5 Å². The molecule has 3 nitrogen and oxygen atoms in total. The summed E-state index contributed by atoms with van der Waals surface area (Å²) in [5.74, 6) is 1.78. The van der Waals surface area contributed by atoms with Crippen molar-refractivity contribution in [1.29, 1.82) is 0 Å². The fourth-order valence-electron chi connectivity index (χ4n) is 3.54. The van der Waals surface area contributed by atoms with Gasteiger partial charge in [0.2, 0.25) is 0 Å². The van der Waals surface area contributed by atoms with Crippen LogP contribution in [0.4, 0.5) is 0 Å². The van der Waals surface area contributed by atoms with Crippen molar-refractivity contribution in [2.24, 2.45) is 11.7 Å². The summed E-state index contributed by atoms with van der Waals surface area (Å²) in [6.45, 7) is 5.74. The molecule has 21 heavy (non-hydrogen) atoms. The molecule has 2 N–H and O–H groups in total. The van der Waals surface area contributed by atoms with E-state index in [1.165, 1.54) is 31.2 Å². The third-order valence-electron chi connectivity index (χ3n) is 4.75. The van der Waals surface area contributed by atoms with Gasteiger partial charge in [-0.1, -0.05) is 31.9 Å². The summed E-state index contributed by atoms with van der Waals surface area (Å²) in [6, 6.07) is 9.33. The lowest BCUT2D eigenvalue weighted by molar-refractivity contribution is 0.121. The highest BCUT2D eigenvalue weighted by molar-refractivity contribution is 5.31. The summed E-state index contributed by atoms with van der Waals surface area (Å²) < 4.78 is 5.62. The van der Waals surface area contributed by atoms with E-state index in [-0.39, 0.29) is 6.04 Å². The first-order chi connectivity index (χ1) is 10.2. The quantitative estimate of drug-likeness (QED) is 0.870. The lowest BCUT2D eigenvalue weighted by Gasteiger charge is -2.39. The number of rotatable bonds is 6. The highest BCUT2D eigenvalue weighted by atomic mass is 16.5. The predicted molar refractivity (Wildman–Crippen MR) is 88.6 cm³/mol. The lowest BCUT2D eigenvalue weighted by atomic mass is 9.85. The van der Waals surface area contributed by atoms with Crippen LogP contribution in [0.5, 0.6) is 5.75 Å². The largest absolute Gasteiger partial charge is 0.494 e. The minimum atomic E-state index is 0.278. The Morgan fingerprint density at radius 2 is 2.19 bits per heavy atom. The number of hydrogen-bond acceptors (Lipinski definition) is 3. The highest BCUT2D eigenvalue weighted by Crippen LogP contribution is 2.32. The molecule has 0 heterocycles. The Morgan fingerprint density at radius 3 is 2.86 bits per heavy atom. The molecule has 0 spiro atoms. The Balaban J connectivity index is 2.12. The smallest absolute Gasteiger partial charge is 0.119 e. The maximum atomic E-state index is 6.09. The van der Waals surface area contributed by atoms with E-state index in [0.29, 0.717) is 19.2 Å². The van der Waals surface area contributed by atoms with Gasteiger partial charge in [0.15, 0.2) is 0 Å². The lowest BCUT2D eigenvalue weighted by Crippen LogP contribution is -2.41. The topological polar surface area (TPSA) is 38.5 Å². The molecular formula is C18H30N2O. The van der Waals surface area contributed by atoms with Crippen molar-refractivity contribution in [3.63, 3.8) is 0 Å². The summed E-state index contributed by atoms with van der Waals surface area (Å²) in [5.41, 5.74) is 7.36. The monoisotopic (exact) mass is 290 g/mol. The molecular weight excluding hydrogens is 260 g/mol. The normalized spacial score (nSPS) is 24.0. The first kappa shape index (κ1) is 16.3. The Labute approximate surface area is 129 Å². The molecule has 118 valence electrons. The maximum Gasteiger partial charge on any atom is 0.119 e. The molecule has 3 unspecified atom stereocenters. The Morgan fingerprint density at radius 1 is 1.38 bits per heavy atom. The van der Waals surface area contributed by atoms with Gasteiger partial charge in [-0.25, -0.2) is 0 Å². The zero-order valence-corrected chi connectivity index (χ0v) is 13.7. The number of nitrogens with two attached hydrogens (primary N) is 1. The van der Waals surface area contributed by atoms with Crippen molar-refractivity contribution in [1.82, 2.24) is 4.90 Å². The standard InChI is InChI=1S/C18H30N2O/c1-4-21-17-10-6-8-15(12-17)18(13-19)20(3)16-9-5-7-14(2)11-16/h6,8,10,12,14,16,18H,4-5,7,9,11,13,19H2,1-3H3. The molecule has 1 aliphatic carbocycles. The molecule has 3 heteroatoms. The molecule has 0 aromatic heterocycles. The number of ether oxygens (including phenoxy) is 1. The van der Waals surface area contributed by atoms with Crippen LogP contribution in [0.2, 0.25) is 0 Å². The van der Waals surface area contributed by atoms with Gasteiger partial charge in [0.25, 0.3) is 0 Å². The molecule has 0 radical (unpaired) electrons. The van der Waals surface area contributed by atoms with Crippen LogP contribution in [0, 0.1) is 5.92 Å². The summed E-state index contributed by atoms with van der Waals surface area (Å²) in [6.07, 6.45) is 5.30. The van der Waals surface area contributed by atoms with Gasteiger partial charge in [-0.2, -0.15) is 0 Å². The average molecular weight is 290 g/mol. The maximum absolute atomic E-state index is 6.09. The van der Waals surface area contributed by atoms with Gasteiger partial charge >= 0.3 is 0 Å². The summed E-state index contributed by atoms with van der Waals surface area (Å²) in [5, 5.41) is 0. The summed E-state index contributed by atoms with van der Waals surface area (Å²) in [4.78, 5) is 2.49. The zero-order valence-electron chi connectivity index (χ0n) is 13.7. The molecule has 0 saturated heterocycles. The van der Waals surface area contributed by atoms with Crippen molar-refractivity contribution >= 4 is 0 Å². The molecule has 0 aliphatic heterocycles. The average Bonchev–Trinajstić information content (AvgIpc) is 2.49. The van der Waals surface area contributed by atoms with Crippen LogP contribution in [0.3, 0.4) is 0 Å². The summed E-state index contributed by atoms with van der Waals surface area (Å²) in [7, 11) is 2.23. The molecule has 1 saturated carbocycles. The van der Waals surface area contributed by atoms with Crippen LogP contribution in [0.15, 0.2) is 24.3 Å². The van der Waals surface area contributed by atoms with Gasteiger partial charge < -0.3 is 10.5 Å². The van der Waals surface area contributed by atoms with Crippen molar-refractivity contribution in [2.45, 2.75) is 51.6 Å². The molecule has 1 aliphatic rings. The van der Waals surface area contributed by atoms with Crippen LogP contribution in [0.1, 0.15) is 51.1 Å². The second-order valence-electron chi connectivity index (χ2n) is 6.35.